The van der Waals surface area contributed by atoms with E-state index >= 15 is 0 Å². The highest BCUT2D eigenvalue weighted by atomic mass is 127. The van der Waals surface area contributed by atoms with Crippen molar-refractivity contribution in [1.29, 1.82) is 0 Å². The molecule has 0 amide bonds. The van der Waals surface area contributed by atoms with E-state index in [0.29, 0.717) is 6.54 Å². The Balaban J connectivity index is 0.00000289. The largest absolute Gasteiger partial charge is 0.357 e. The van der Waals surface area contributed by atoms with Crippen LogP contribution in [0.15, 0.2) is 90.4 Å². The van der Waals surface area contributed by atoms with Gasteiger partial charge in [0.2, 0.25) is 0 Å². The van der Waals surface area contributed by atoms with Crippen LogP contribution < -0.4 is 10.6 Å². The van der Waals surface area contributed by atoms with Crippen LogP contribution >= 0.6 is 24.0 Å². The van der Waals surface area contributed by atoms with Crippen molar-refractivity contribution in [3.8, 4) is 11.4 Å². The molecule has 4 rings (SSSR count). The van der Waals surface area contributed by atoms with Gasteiger partial charge in [0.15, 0.2) is 5.96 Å². The monoisotopic (exact) mass is 541 g/mol. The van der Waals surface area contributed by atoms with Gasteiger partial charge < -0.3 is 10.6 Å². The first-order chi connectivity index (χ1) is 15.3. The minimum Gasteiger partial charge on any atom is -0.357 e. The maximum Gasteiger partial charge on any atom is 0.191 e. The molecule has 0 aliphatic heterocycles. The number of aromatic nitrogens is 4. The lowest BCUT2D eigenvalue weighted by atomic mass is 10.1. The predicted molar refractivity (Wildman–Crippen MR) is 139 cm³/mol. The van der Waals surface area contributed by atoms with E-state index in [1.165, 1.54) is 5.56 Å². The number of hydrogen-bond acceptors (Lipinski definition) is 3. The first-order valence-electron chi connectivity index (χ1n) is 10.5. The van der Waals surface area contributed by atoms with Gasteiger partial charge in [-0.2, -0.15) is 10.2 Å². The molecular weight excluding hydrogens is 513 g/mol. The Bertz CT molecular complexity index is 1070. The minimum absolute atomic E-state index is 0. The SMILES string of the molecule is CCNC(=NCc1ccc(-n2cccn2)cc1)NCCc1ccc(-n2cccn2)cc1.I. The molecule has 2 heterocycles. The summed E-state index contributed by atoms with van der Waals surface area (Å²) in [6.45, 7) is 4.32. The Hall–Kier alpha value is -3.14. The molecule has 0 saturated carbocycles. The van der Waals surface area contributed by atoms with Crippen LogP contribution in [0.4, 0.5) is 0 Å². The molecule has 166 valence electrons. The van der Waals surface area contributed by atoms with E-state index in [0.717, 1.165) is 42.4 Å². The molecule has 8 heteroatoms. The summed E-state index contributed by atoms with van der Waals surface area (Å²) in [5, 5.41) is 15.3. The second-order valence-electron chi connectivity index (χ2n) is 7.11. The van der Waals surface area contributed by atoms with Crippen molar-refractivity contribution in [2.75, 3.05) is 13.1 Å². The molecule has 4 aromatic rings. The van der Waals surface area contributed by atoms with Crippen LogP contribution in [0.3, 0.4) is 0 Å². The zero-order valence-corrected chi connectivity index (χ0v) is 20.4. The lowest BCUT2D eigenvalue weighted by Gasteiger charge is -2.12. The van der Waals surface area contributed by atoms with Gasteiger partial charge in [-0.1, -0.05) is 24.3 Å². The fourth-order valence-corrected chi connectivity index (χ4v) is 3.25. The van der Waals surface area contributed by atoms with Crippen molar-refractivity contribution >= 4 is 29.9 Å². The Kier molecular flexibility index (Phi) is 8.85. The quantitative estimate of drug-likeness (QED) is 0.201. The van der Waals surface area contributed by atoms with E-state index in [-0.39, 0.29) is 24.0 Å². The van der Waals surface area contributed by atoms with Crippen LogP contribution in [0.25, 0.3) is 11.4 Å². The molecule has 0 unspecified atom stereocenters. The van der Waals surface area contributed by atoms with E-state index in [2.05, 4.69) is 76.3 Å². The summed E-state index contributed by atoms with van der Waals surface area (Å²) in [5.74, 6) is 0.826. The van der Waals surface area contributed by atoms with Crippen molar-refractivity contribution in [1.82, 2.24) is 30.2 Å². The van der Waals surface area contributed by atoms with Gasteiger partial charge >= 0.3 is 0 Å². The van der Waals surface area contributed by atoms with E-state index in [1.54, 1.807) is 12.4 Å². The van der Waals surface area contributed by atoms with Gasteiger partial charge in [-0.05, 0) is 60.9 Å². The van der Waals surface area contributed by atoms with Gasteiger partial charge in [0, 0.05) is 37.9 Å². The Morgan fingerprint density at radius 2 is 1.38 bits per heavy atom. The molecule has 0 aliphatic rings. The summed E-state index contributed by atoms with van der Waals surface area (Å²) in [4.78, 5) is 4.72. The van der Waals surface area contributed by atoms with Crippen LogP contribution in [0.5, 0.6) is 0 Å². The minimum atomic E-state index is 0. The van der Waals surface area contributed by atoms with Crippen molar-refractivity contribution < 1.29 is 0 Å². The Labute approximate surface area is 205 Å². The fraction of sp³-hybridized carbons (Fsp3) is 0.208. The lowest BCUT2D eigenvalue weighted by molar-refractivity contribution is 0.798. The van der Waals surface area contributed by atoms with E-state index in [4.69, 9.17) is 4.99 Å². The number of aliphatic imine (C=N–C) groups is 1. The number of nitrogens with zero attached hydrogens (tertiary/aromatic N) is 5. The number of rotatable bonds is 8. The zero-order valence-electron chi connectivity index (χ0n) is 18.1. The van der Waals surface area contributed by atoms with Gasteiger partial charge in [-0.25, -0.2) is 14.4 Å². The van der Waals surface area contributed by atoms with E-state index in [1.807, 2.05) is 33.9 Å². The van der Waals surface area contributed by atoms with Crippen molar-refractivity contribution in [3.63, 3.8) is 0 Å². The third-order valence-corrected chi connectivity index (χ3v) is 4.88. The number of nitrogens with one attached hydrogen (secondary N) is 2. The summed E-state index contributed by atoms with van der Waals surface area (Å²) in [5.41, 5.74) is 4.53. The molecule has 0 saturated heterocycles. The molecule has 32 heavy (non-hydrogen) atoms. The number of guanidine groups is 1. The highest BCUT2D eigenvalue weighted by Crippen LogP contribution is 2.10. The van der Waals surface area contributed by atoms with Crippen LogP contribution in [0, 0.1) is 0 Å². The molecule has 0 fully saturated rings. The zero-order chi connectivity index (χ0) is 21.3. The summed E-state index contributed by atoms with van der Waals surface area (Å²) < 4.78 is 3.71. The average molecular weight is 541 g/mol. The van der Waals surface area contributed by atoms with Gasteiger partial charge in [-0.15, -0.1) is 24.0 Å². The Morgan fingerprint density at radius 1 is 0.812 bits per heavy atom. The van der Waals surface area contributed by atoms with Gasteiger partial charge in [-0.3, -0.25) is 0 Å². The highest BCUT2D eigenvalue weighted by molar-refractivity contribution is 14.0. The van der Waals surface area contributed by atoms with Crippen molar-refractivity contribution in [2.45, 2.75) is 19.9 Å². The maximum absolute atomic E-state index is 4.72. The van der Waals surface area contributed by atoms with Crippen LogP contribution in [-0.4, -0.2) is 38.6 Å². The molecule has 0 atom stereocenters. The highest BCUT2D eigenvalue weighted by Gasteiger charge is 2.01. The van der Waals surface area contributed by atoms with Gasteiger partial charge in [0.1, 0.15) is 0 Å². The first kappa shape index (κ1) is 23.5. The van der Waals surface area contributed by atoms with Crippen molar-refractivity contribution in [3.05, 3.63) is 96.6 Å². The summed E-state index contributed by atoms with van der Waals surface area (Å²) in [7, 11) is 0. The molecule has 2 aromatic carbocycles. The summed E-state index contributed by atoms with van der Waals surface area (Å²) in [6, 6.07) is 20.6. The summed E-state index contributed by atoms with van der Waals surface area (Å²) in [6.07, 6.45) is 8.36. The predicted octanol–water partition coefficient (Wildman–Crippen LogP) is 3.97. The standard InChI is InChI=1S/C24H27N7.HI/c1-2-25-24(27-19-21-7-11-23(12-8-21)31-18-4-15-29-31)26-16-13-20-5-9-22(10-6-20)30-17-3-14-28-30;/h3-12,14-15,17-18H,2,13,16,19H2,1H3,(H2,25,26,27);1H. The van der Waals surface area contributed by atoms with Gasteiger partial charge in [0.25, 0.3) is 0 Å². The molecule has 0 bridgehead atoms. The molecule has 2 aromatic heterocycles. The molecule has 0 aliphatic carbocycles. The number of halogens is 1. The van der Waals surface area contributed by atoms with E-state index in [9.17, 15) is 0 Å². The molecular formula is C24H28IN7. The van der Waals surface area contributed by atoms with Crippen LogP contribution in [0.1, 0.15) is 18.1 Å². The van der Waals surface area contributed by atoms with Crippen LogP contribution in [0.2, 0.25) is 0 Å². The van der Waals surface area contributed by atoms with Crippen molar-refractivity contribution in [2.24, 2.45) is 4.99 Å². The Morgan fingerprint density at radius 3 is 1.88 bits per heavy atom. The third kappa shape index (κ3) is 6.43. The lowest BCUT2D eigenvalue weighted by Crippen LogP contribution is -2.38. The smallest absolute Gasteiger partial charge is 0.191 e. The second kappa shape index (κ2) is 12.0. The molecule has 2 N–H and O–H groups in total. The molecule has 0 radical (unpaired) electrons. The summed E-state index contributed by atoms with van der Waals surface area (Å²) >= 11 is 0. The van der Waals surface area contributed by atoms with E-state index < -0.39 is 0 Å². The average Bonchev–Trinajstić information content (AvgIpc) is 3.53. The number of benzene rings is 2. The second-order valence-corrected chi connectivity index (χ2v) is 7.11. The third-order valence-electron chi connectivity index (χ3n) is 4.88. The van der Waals surface area contributed by atoms with Gasteiger partial charge in [0.05, 0.1) is 17.9 Å². The number of hydrogen-bond donors (Lipinski definition) is 2. The maximum atomic E-state index is 4.72. The topological polar surface area (TPSA) is 72.1 Å². The van der Waals surface area contributed by atoms with Crippen LogP contribution in [-0.2, 0) is 13.0 Å². The molecule has 0 spiro atoms. The normalized spacial score (nSPS) is 11.1. The fourth-order valence-electron chi connectivity index (χ4n) is 3.25. The molecule has 7 nitrogen and oxygen atoms in total. The first-order valence-corrected chi connectivity index (χ1v) is 10.5.